The molecule has 0 heterocycles. The second kappa shape index (κ2) is 8.33. The molecule has 0 aromatic heterocycles. The number of alkyl halides is 3. The molecule has 0 saturated carbocycles. The molecule has 0 bridgehead atoms. The predicted molar refractivity (Wildman–Crippen MR) is 95.7 cm³/mol. The second-order valence-electron chi connectivity index (χ2n) is 6.47. The fraction of sp³-hybridized carbons (Fsp3) is 0.300. The van der Waals surface area contributed by atoms with Crippen LogP contribution in [-0.4, -0.2) is 24.7 Å². The van der Waals surface area contributed by atoms with Crippen LogP contribution in [0, 0.1) is 0 Å². The van der Waals surface area contributed by atoms with Crippen LogP contribution in [0.25, 0.3) is 0 Å². The number of halogens is 3. The zero-order valence-electron chi connectivity index (χ0n) is 14.9. The summed E-state index contributed by atoms with van der Waals surface area (Å²) in [4.78, 5) is 24.3. The van der Waals surface area contributed by atoms with E-state index in [1.54, 1.807) is 0 Å². The number of ether oxygens (including phenoxy) is 1. The number of hydrogen-bond donors (Lipinski definition) is 2. The topological polar surface area (TPSA) is 67.4 Å². The molecule has 5 nitrogen and oxygen atoms in total. The second-order valence-corrected chi connectivity index (χ2v) is 6.47. The van der Waals surface area contributed by atoms with Crippen molar-refractivity contribution in [3.8, 4) is 5.75 Å². The molecular formula is C20H19F3N2O3. The molecule has 28 heavy (non-hydrogen) atoms. The molecule has 0 saturated heterocycles. The fourth-order valence-electron chi connectivity index (χ4n) is 3.22. The molecule has 0 spiro atoms. The summed E-state index contributed by atoms with van der Waals surface area (Å²) < 4.78 is 40.2. The summed E-state index contributed by atoms with van der Waals surface area (Å²) in [6, 6.07) is 12.3. The van der Waals surface area contributed by atoms with Crippen molar-refractivity contribution in [1.82, 2.24) is 10.6 Å². The van der Waals surface area contributed by atoms with Gasteiger partial charge < -0.3 is 15.4 Å². The van der Waals surface area contributed by atoms with Crippen LogP contribution >= 0.6 is 0 Å². The van der Waals surface area contributed by atoms with E-state index in [-0.39, 0.29) is 24.1 Å². The quantitative estimate of drug-likeness (QED) is 0.818. The number of hydrogen-bond acceptors (Lipinski definition) is 3. The largest absolute Gasteiger partial charge is 0.573 e. The van der Waals surface area contributed by atoms with Gasteiger partial charge in [0.25, 0.3) is 5.91 Å². The molecular weight excluding hydrogens is 373 g/mol. The maximum Gasteiger partial charge on any atom is 0.573 e. The molecule has 1 aliphatic rings. The number of nitrogens with one attached hydrogen (secondary N) is 2. The average Bonchev–Trinajstić information content (AvgIpc) is 2.66. The molecule has 2 aromatic rings. The zero-order valence-corrected chi connectivity index (χ0v) is 14.9. The molecule has 2 amide bonds. The predicted octanol–water partition coefficient (Wildman–Crippen LogP) is 3.51. The van der Waals surface area contributed by atoms with Gasteiger partial charge in [-0.3, -0.25) is 9.59 Å². The maximum absolute atomic E-state index is 12.2. The van der Waals surface area contributed by atoms with E-state index in [0.29, 0.717) is 0 Å². The van der Waals surface area contributed by atoms with Crippen LogP contribution in [0.1, 0.15) is 40.4 Å². The number of amides is 2. The normalized spacial score (nSPS) is 16.0. The monoisotopic (exact) mass is 392 g/mol. The van der Waals surface area contributed by atoms with Crippen LogP contribution < -0.4 is 15.4 Å². The van der Waals surface area contributed by atoms with E-state index in [1.807, 2.05) is 24.3 Å². The first kappa shape index (κ1) is 19.7. The van der Waals surface area contributed by atoms with Gasteiger partial charge in [-0.2, -0.15) is 0 Å². The highest BCUT2D eigenvalue weighted by atomic mass is 19.4. The fourth-order valence-corrected chi connectivity index (χ4v) is 3.22. The van der Waals surface area contributed by atoms with Gasteiger partial charge in [0.05, 0.1) is 12.6 Å². The lowest BCUT2D eigenvalue weighted by Crippen LogP contribution is -2.39. The molecule has 148 valence electrons. The van der Waals surface area contributed by atoms with Crippen LogP contribution in [0.3, 0.4) is 0 Å². The first-order chi connectivity index (χ1) is 13.3. The third-order valence-electron chi connectivity index (χ3n) is 4.46. The third-order valence-corrected chi connectivity index (χ3v) is 4.46. The summed E-state index contributed by atoms with van der Waals surface area (Å²) in [5.41, 5.74) is 2.43. The number of aryl methyl sites for hydroxylation is 1. The van der Waals surface area contributed by atoms with Gasteiger partial charge in [0.1, 0.15) is 5.75 Å². The Balaban J connectivity index is 1.52. The highest BCUT2D eigenvalue weighted by molar-refractivity contribution is 5.96. The lowest BCUT2D eigenvalue weighted by atomic mass is 9.88. The van der Waals surface area contributed by atoms with Crippen molar-refractivity contribution in [1.29, 1.82) is 0 Å². The van der Waals surface area contributed by atoms with Crippen molar-refractivity contribution in [3.05, 3.63) is 65.2 Å². The smallest absolute Gasteiger partial charge is 0.406 e. The lowest BCUT2D eigenvalue weighted by molar-refractivity contribution is -0.274. The van der Waals surface area contributed by atoms with Gasteiger partial charge in [0.15, 0.2) is 0 Å². The minimum Gasteiger partial charge on any atom is -0.406 e. The SMILES string of the molecule is O=C(CNC(=O)c1ccc(OC(F)(F)F)cc1)N[C@@H]1CCCc2ccccc21. The van der Waals surface area contributed by atoms with E-state index in [0.717, 1.165) is 37.0 Å². The maximum atomic E-state index is 12.2. The average molecular weight is 392 g/mol. The zero-order chi connectivity index (χ0) is 20.1. The minimum atomic E-state index is -4.79. The Labute approximate surface area is 159 Å². The van der Waals surface area contributed by atoms with Crippen molar-refractivity contribution in [2.45, 2.75) is 31.7 Å². The van der Waals surface area contributed by atoms with Crippen molar-refractivity contribution < 1.29 is 27.5 Å². The third kappa shape index (κ3) is 5.25. The van der Waals surface area contributed by atoms with E-state index < -0.39 is 18.0 Å². The lowest BCUT2D eigenvalue weighted by Gasteiger charge is -2.26. The Kier molecular flexibility index (Phi) is 5.87. The summed E-state index contributed by atoms with van der Waals surface area (Å²) in [5.74, 6) is -1.30. The molecule has 2 N–H and O–H groups in total. The molecule has 3 rings (SSSR count). The molecule has 1 aliphatic carbocycles. The van der Waals surface area contributed by atoms with Gasteiger partial charge in [-0.15, -0.1) is 13.2 Å². The van der Waals surface area contributed by atoms with Gasteiger partial charge in [0, 0.05) is 5.56 Å². The summed E-state index contributed by atoms with van der Waals surface area (Å²) in [6.45, 7) is -0.224. The first-order valence-electron chi connectivity index (χ1n) is 8.83. The summed E-state index contributed by atoms with van der Waals surface area (Å²) >= 11 is 0. The number of rotatable bonds is 5. The Morgan fingerprint density at radius 2 is 1.79 bits per heavy atom. The molecule has 0 radical (unpaired) electrons. The van der Waals surface area contributed by atoms with Crippen molar-refractivity contribution in [3.63, 3.8) is 0 Å². The van der Waals surface area contributed by atoms with Crippen LogP contribution in [0.2, 0.25) is 0 Å². The molecule has 1 atom stereocenters. The van der Waals surface area contributed by atoms with E-state index in [1.165, 1.54) is 17.7 Å². The van der Waals surface area contributed by atoms with Crippen LogP contribution in [0.15, 0.2) is 48.5 Å². The van der Waals surface area contributed by atoms with Gasteiger partial charge in [0.2, 0.25) is 5.91 Å². The number of fused-ring (bicyclic) bond motifs is 1. The number of carbonyl (C=O) groups is 2. The molecule has 8 heteroatoms. The highest BCUT2D eigenvalue weighted by Gasteiger charge is 2.31. The van der Waals surface area contributed by atoms with Crippen molar-refractivity contribution in [2.75, 3.05) is 6.54 Å². The van der Waals surface area contributed by atoms with Gasteiger partial charge in [-0.05, 0) is 54.7 Å². The van der Waals surface area contributed by atoms with Gasteiger partial charge in [-0.1, -0.05) is 24.3 Å². The Morgan fingerprint density at radius 1 is 1.07 bits per heavy atom. The minimum absolute atomic E-state index is 0.0897. The Hall–Kier alpha value is -3.03. The molecule has 0 aliphatic heterocycles. The van der Waals surface area contributed by atoms with Crippen molar-refractivity contribution >= 4 is 11.8 Å². The molecule has 0 fully saturated rings. The molecule has 2 aromatic carbocycles. The van der Waals surface area contributed by atoms with E-state index in [9.17, 15) is 22.8 Å². The van der Waals surface area contributed by atoms with Gasteiger partial charge in [-0.25, -0.2) is 0 Å². The van der Waals surface area contributed by atoms with E-state index in [4.69, 9.17) is 0 Å². The number of benzene rings is 2. The summed E-state index contributed by atoms with van der Waals surface area (Å²) in [7, 11) is 0. The standard InChI is InChI=1S/C20H19F3N2O3/c21-20(22,23)28-15-10-8-14(9-11-15)19(27)24-12-18(26)25-17-7-3-5-13-4-1-2-6-16(13)17/h1-2,4,6,8-11,17H,3,5,7,12H2,(H,24,27)(H,25,26)/t17-/m1/s1. The van der Waals surface area contributed by atoms with Gasteiger partial charge >= 0.3 is 6.36 Å². The summed E-state index contributed by atoms with van der Waals surface area (Å²) in [6.07, 6.45) is -2.01. The Bertz CT molecular complexity index is 851. The summed E-state index contributed by atoms with van der Waals surface area (Å²) in [5, 5.41) is 5.38. The van der Waals surface area contributed by atoms with Crippen molar-refractivity contribution in [2.24, 2.45) is 0 Å². The van der Waals surface area contributed by atoms with Crippen LogP contribution in [0.5, 0.6) is 5.75 Å². The van der Waals surface area contributed by atoms with Crippen LogP contribution in [-0.2, 0) is 11.2 Å². The molecule has 0 unspecified atom stereocenters. The van der Waals surface area contributed by atoms with E-state index in [2.05, 4.69) is 15.4 Å². The first-order valence-corrected chi connectivity index (χ1v) is 8.83. The Morgan fingerprint density at radius 3 is 2.50 bits per heavy atom. The number of carbonyl (C=O) groups excluding carboxylic acids is 2. The van der Waals surface area contributed by atoms with E-state index >= 15 is 0 Å². The van der Waals surface area contributed by atoms with Crippen LogP contribution in [0.4, 0.5) is 13.2 Å². The highest BCUT2D eigenvalue weighted by Crippen LogP contribution is 2.29.